The normalized spacial score (nSPS) is 22.8. The number of ether oxygens (including phenoxy) is 2. The molecule has 3 aliphatic rings. The van der Waals surface area contributed by atoms with Crippen molar-refractivity contribution in [2.24, 2.45) is 23.2 Å². The Bertz CT molecular complexity index is 1350. The van der Waals surface area contributed by atoms with Crippen LogP contribution in [0.4, 0.5) is 4.79 Å². The van der Waals surface area contributed by atoms with Crippen LogP contribution in [0.1, 0.15) is 96.8 Å². The summed E-state index contributed by atoms with van der Waals surface area (Å²) in [7, 11) is 0. The molecule has 48 heavy (non-hydrogen) atoms. The van der Waals surface area contributed by atoms with Crippen LogP contribution in [0.15, 0.2) is 30.3 Å². The SMILES string of the molecule is CCCC(NC(=O)[C@@H]1C2C(CN1C(=O)[C@@H](NC(=O)OC(C)(C)C)C1CCCCC1)C2(C)C)C(=O)C(=O)NCCOC(=O)c1ccccc1. The minimum Gasteiger partial charge on any atom is -0.460 e. The van der Waals surface area contributed by atoms with Crippen LogP contribution >= 0.6 is 0 Å². The molecule has 0 aromatic heterocycles. The number of piperidine rings is 1. The fourth-order valence-corrected chi connectivity index (χ4v) is 7.30. The van der Waals surface area contributed by atoms with Crippen molar-refractivity contribution >= 4 is 35.6 Å². The number of ketones is 1. The maximum absolute atomic E-state index is 14.3. The van der Waals surface area contributed by atoms with Gasteiger partial charge >= 0.3 is 12.1 Å². The molecule has 5 atom stereocenters. The number of nitrogens with one attached hydrogen (secondary N) is 3. The van der Waals surface area contributed by atoms with Gasteiger partial charge < -0.3 is 30.3 Å². The molecule has 2 aliphatic carbocycles. The van der Waals surface area contributed by atoms with E-state index in [1.807, 2.05) is 6.92 Å². The highest BCUT2D eigenvalue weighted by molar-refractivity contribution is 6.38. The van der Waals surface area contributed by atoms with E-state index in [-0.39, 0.29) is 48.6 Å². The highest BCUT2D eigenvalue weighted by Crippen LogP contribution is 2.65. The Morgan fingerprint density at radius 1 is 0.979 bits per heavy atom. The van der Waals surface area contributed by atoms with Gasteiger partial charge in [-0.1, -0.05) is 64.7 Å². The van der Waals surface area contributed by atoms with Crippen LogP contribution in [0.5, 0.6) is 0 Å². The number of amides is 4. The number of rotatable bonds is 13. The molecule has 12 heteroatoms. The molecule has 1 aliphatic heterocycles. The largest absolute Gasteiger partial charge is 0.460 e. The molecule has 1 saturated heterocycles. The molecule has 4 rings (SSSR count). The van der Waals surface area contributed by atoms with Crippen LogP contribution < -0.4 is 16.0 Å². The van der Waals surface area contributed by atoms with Crippen molar-refractivity contribution in [1.29, 1.82) is 0 Å². The third-order valence-corrected chi connectivity index (χ3v) is 9.88. The van der Waals surface area contributed by atoms with E-state index in [1.54, 1.807) is 56.0 Å². The summed E-state index contributed by atoms with van der Waals surface area (Å²) in [5, 5.41) is 8.12. The quantitative estimate of drug-likeness (QED) is 0.163. The second-order valence-corrected chi connectivity index (χ2v) is 14.9. The van der Waals surface area contributed by atoms with Crippen LogP contribution in [0.3, 0.4) is 0 Å². The first-order valence-electron chi connectivity index (χ1n) is 17.3. The average Bonchev–Trinajstić information content (AvgIpc) is 3.34. The Morgan fingerprint density at radius 3 is 2.27 bits per heavy atom. The number of fused-ring (bicyclic) bond motifs is 1. The average molecular weight is 669 g/mol. The highest BCUT2D eigenvalue weighted by Gasteiger charge is 2.69. The second-order valence-electron chi connectivity index (χ2n) is 14.9. The predicted molar refractivity (Wildman–Crippen MR) is 178 cm³/mol. The van der Waals surface area contributed by atoms with Crippen LogP contribution in [-0.4, -0.2) is 83.9 Å². The lowest BCUT2D eigenvalue weighted by atomic mass is 9.83. The van der Waals surface area contributed by atoms with Gasteiger partial charge in [-0.2, -0.15) is 0 Å². The van der Waals surface area contributed by atoms with Crippen molar-refractivity contribution in [1.82, 2.24) is 20.9 Å². The van der Waals surface area contributed by atoms with Gasteiger partial charge in [-0.25, -0.2) is 9.59 Å². The Morgan fingerprint density at radius 2 is 1.65 bits per heavy atom. The number of hydrogen-bond acceptors (Lipinski definition) is 8. The molecule has 1 heterocycles. The second kappa shape index (κ2) is 15.5. The van der Waals surface area contributed by atoms with Crippen LogP contribution in [0.2, 0.25) is 0 Å². The fourth-order valence-electron chi connectivity index (χ4n) is 7.30. The zero-order valence-electron chi connectivity index (χ0n) is 29.1. The third-order valence-electron chi connectivity index (χ3n) is 9.88. The number of benzene rings is 1. The summed E-state index contributed by atoms with van der Waals surface area (Å²) in [6.07, 6.45) is 4.60. The molecule has 0 spiro atoms. The Labute approximate surface area is 283 Å². The molecular weight excluding hydrogens is 616 g/mol. The smallest absolute Gasteiger partial charge is 0.408 e. The summed E-state index contributed by atoms with van der Waals surface area (Å²) in [5.74, 6) is -3.18. The summed E-state index contributed by atoms with van der Waals surface area (Å²) < 4.78 is 10.7. The van der Waals surface area contributed by atoms with Crippen molar-refractivity contribution in [2.45, 2.75) is 110 Å². The molecule has 1 aromatic carbocycles. The summed E-state index contributed by atoms with van der Waals surface area (Å²) >= 11 is 0. The number of hydrogen-bond donors (Lipinski definition) is 3. The minimum absolute atomic E-state index is 0.0774. The van der Waals surface area contributed by atoms with E-state index >= 15 is 0 Å². The molecule has 0 radical (unpaired) electrons. The lowest BCUT2D eigenvalue weighted by Crippen LogP contribution is -2.60. The van der Waals surface area contributed by atoms with Crippen molar-refractivity contribution in [3.05, 3.63) is 35.9 Å². The number of Topliss-reactive ketones (excluding diaryl/α,β-unsaturated/α-hetero) is 1. The van der Waals surface area contributed by atoms with Crippen molar-refractivity contribution in [3.8, 4) is 0 Å². The Hall–Kier alpha value is -3.96. The van der Waals surface area contributed by atoms with Gasteiger partial charge in [0.25, 0.3) is 5.91 Å². The third kappa shape index (κ3) is 8.93. The number of likely N-dealkylation sites (tertiary alicyclic amines) is 1. The van der Waals surface area contributed by atoms with E-state index in [4.69, 9.17) is 9.47 Å². The summed E-state index contributed by atoms with van der Waals surface area (Å²) in [6, 6.07) is 5.63. The first-order chi connectivity index (χ1) is 22.7. The standard InChI is InChI=1S/C36H52N4O8/c1-7-14-25(29(41)31(43)37-19-20-47-33(45)23-17-12-9-13-18-23)38-30(42)28-26-24(36(26,5)6)21-40(28)32(44)27(22-15-10-8-11-16-22)39-34(46)48-35(2,3)4/h9,12-13,17-18,22,24-28H,7-8,10-11,14-16,19-21H2,1-6H3,(H,37,43)(H,38,42)(H,39,46)/t24?,25?,26?,27-,28-/m0/s1. The molecule has 2 saturated carbocycles. The van der Waals surface area contributed by atoms with Crippen molar-refractivity contribution in [3.63, 3.8) is 0 Å². The van der Waals surface area contributed by atoms with Crippen molar-refractivity contribution < 1.29 is 38.2 Å². The zero-order valence-corrected chi connectivity index (χ0v) is 29.1. The molecule has 1 aromatic rings. The van der Waals surface area contributed by atoms with Crippen molar-refractivity contribution in [2.75, 3.05) is 19.7 Å². The molecule has 3 fully saturated rings. The van der Waals surface area contributed by atoms with E-state index < -0.39 is 53.4 Å². The highest BCUT2D eigenvalue weighted by atomic mass is 16.6. The molecule has 4 amide bonds. The first kappa shape index (κ1) is 36.9. The maximum Gasteiger partial charge on any atom is 0.408 e. The van der Waals surface area contributed by atoms with Gasteiger partial charge in [0.1, 0.15) is 24.3 Å². The monoisotopic (exact) mass is 668 g/mol. The van der Waals surface area contributed by atoms with E-state index in [0.717, 1.165) is 32.1 Å². The number of nitrogens with zero attached hydrogens (tertiary/aromatic N) is 1. The first-order valence-corrected chi connectivity index (χ1v) is 17.3. The van der Waals surface area contributed by atoms with E-state index in [0.29, 0.717) is 18.5 Å². The minimum atomic E-state index is -1.10. The van der Waals surface area contributed by atoms with Crippen LogP contribution in [-0.2, 0) is 28.7 Å². The number of esters is 1. The van der Waals surface area contributed by atoms with Crippen LogP contribution in [0.25, 0.3) is 0 Å². The van der Waals surface area contributed by atoms with Gasteiger partial charge in [0.2, 0.25) is 17.6 Å². The van der Waals surface area contributed by atoms with E-state index in [1.165, 1.54) is 0 Å². The summed E-state index contributed by atoms with van der Waals surface area (Å²) in [6.45, 7) is 11.4. The maximum atomic E-state index is 14.3. The molecular formula is C36H52N4O8. The zero-order chi connectivity index (χ0) is 35.2. The molecule has 0 bridgehead atoms. The topological polar surface area (TPSA) is 160 Å². The summed E-state index contributed by atoms with van der Waals surface area (Å²) in [5.41, 5.74) is -0.556. The lowest BCUT2D eigenvalue weighted by molar-refractivity contribution is -0.145. The van der Waals surface area contributed by atoms with Crippen LogP contribution in [0, 0.1) is 23.2 Å². The number of carbonyl (C=O) groups excluding carboxylic acids is 6. The van der Waals surface area contributed by atoms with E-state index in [2.05, 4.69) is 29.8 Å². The van der Waals surface area contributed by atoms with E-state index in [9.17, 15) is 28.8 Å². The summed E-state index contributed by atoms with van der Waals surface area (Å²) in [4.78, 5) is 81.0. The molecule has 12 nitrogen and oxygen atoms in total. The fraction of sp³-hybridized carbons (Fsp3) is 0.667. The number of alkyl carbamates (subject to hydrolysis) is 1. The molecule has 3 N–H and O–H groups in total. The molecule has 264 valence electrons. The van der Waals surface area contributed by atoms with Gasteiger partial charge in [-0.15, -0.1) is 0 Å². The molecule has 3 unspecified atom stereocenters. The van der Waals surface area contributed by atoms with Gasteiger partial charge in [0.05, 0.1) is 18.2 Å². The van der Waals surface area contributed by atoms with Gasteiger partial charge in [-0.3, -0.25) is 19.2 Å². The lowest BCUT2D eigenvalue weighted by Gasteiger charge is -2.37. The number of carbonyl (C=O) groups is 6. The Balaban J connectivity index is 1.43. The van der Waals surface area contributed by atoms with Gasteiger partial charge in [-0.05, 0) is 75.3 Å². The van der Waals surface area contributed by atoms with Gasteiger partial charge in [0.15, 0.2) is 0 Å². The van der Waals surface area contributed by atoms with Gasteiger partial charge in [0, 0.05) is 6.54 Å². The Kier molecular flexibility index (Phi) is 11.9. The predicted octanol–water partition coefficient (Wildman–Crippen LogP) is 3.77.